The monoisotopic (exact) mass is 585 g/mol. The first-order valence-corrected chi connectivity index (χ1v) is 15.0. The second kappa shape index (κ2) is 11.4. The van der Waals surface area contributed by atoms with Crippen molar-refractivity contribution in [2.75, 3.05) is 18.1 Å². The molecule has 1 aromatic heterocycles. The van der Waals surface area contributed by atoms with Gasteiger partial charge in [-0.1, -0.05) is 91.5 Å². The Morgan fingerprint density at radius 1 is 1.00 bits per heavy atom. The number of nitrogens with zero attached hydrogens (tertiary/aromatic N) is 3. The minimum Gasteiger partial charge on any atom is -0.507 e. The molecule has 1 saturated heterocycles. The van der Waals surface area contributed by atoms with E-state index in [0.717, 1.165) is 11.1 Å². The number of anilines is 1. The van der Waals surface area contributed by atoms with Crippen LogP contribution in [-0.2, 0) is 15.3 Å². The molecule has 2 aliphatic rings. The van der Waals surface area contributed by atoms with E-state index in [4.69, 9.17) is 9.47 Å². The number of rotatable bonds is 7. The van der Waals surface area contributed by atoms with Crippen LogP contribution in [0.1, 0.15) is 48.1 Å². The molecule has 2 aliphatic heterocycles. The summed E-state index contributed by atoms with van der Waals surface area (Å²) < 4.78 is 12.0. The largest absolute Gasteiger partial charge is 0.507 e. The summed E-state index contributed by atoms with van der Waals surface area (Å²) in [7, 11) is 0. The summed E-state index contributed by atoms with van der Waals surface area (Å²) in [5, 5.41) is 20.4. The number of Topliss-reactive ketones (excluding diaryl/α,β-unsaturated/α-hetero) is 1. The van der Waals surface area contributed by atoms with Gasteiger partial charge in [0.25, 0.3) is 5.78 Å². The van der Waals surface area contributed by atoms with Crippen molar-refractivity contribution in [3.8, 4) is 11.5 Å². The van der Waals surface area contributed by atoms with Gasteiger partial charge in [-0.3, -0.25) is 14.5 Å². The van der Waals surface area contributed by atoms with Crippen molar-refractivity contribution in [1.29, 1.82) is 0 Å². The highest BCUT2D eigenvalue weighted by Crippen LogP contribution is 2.45. The predicted octanol–water partition coefficient (Wildman–Crippen LogP) is 6.35. The fraction of sp³-hybridized carbons (Fsp3) is 0.226. The molecule has 1 atom stereocenters. The summed E-state index contributed by atoms with van der Waals surface area (Å²) in [5.74, 6) is 0.185. The highest BCUT2D eigenvalue weighted by atomic mass is 32.2. The van der Waals surface area contributed by atoms with Crippen LogP contribution in [0.3, 0.4) is 0 Å². The van der Waals surface area contributed by atoms with Crippen LogP contribution in [0.15, 0.2) is 82.7 Å². The Hall–Kier alpha value is -4.15. The molecule has 3 aromatic carbocycles. The number of fused-ring (bicyclic) bond motifs is 1. The maximum absolute atomic E-state index is 13.6. The molecule has 10 heteroatoms. The molecule has 6 rings (SSSR count). The smallest absolute Gasteiger partial charge is 0.301 e. The molecule has 8 nitrogen and oxygen atoms in total. The Balaban J connectivity index is 1.40. The Morgan fingerprint density at radius 2 is 1.73 bits per heavy atom. The van der Waals surface area contributed by atoms with Crippen molar-refractivity contribution >= 4 is 45.7 Å². The Labute approximate surface area is 245 Å². The third-order valence-electron chi connectivity index (χ3n) is 6.99. The van der Waals surface area contributed by atoms with Gasteiger partial charge in [-0.25, -0.2) is 0 Å². The minimum absolute atomic E-state index is 0.0161. The minimum atomic E-state index is -0.885. The molecule has 41 heavy (non-hydrogen) atoms. The number of carbonyl (C=O) groups excluding carboxylic acids is 2. The van der Waals surface area contributed by atoms with E-state index in [1.807, 2.05) is 54.6 Å². The van der Waals surface area contributed by atoms with Crippen molar-refractivity contribution < 1.29 is 24.2 Å². The third-order valence-corrected chi connectivity index (χ3v) is 9.11. The van der Waals surface area contributed by atoms with Gasteiger partial charge >= 0.3 is 5.91 Å². The summed E-state index contributed by atoms with van der Waals surface area (Å²) in [5.41, 5.74) is 3.28. The van der Waals surface area contributed by atoms with Gasteiger partial charge in [-0.05, 0) is 40.8 Å². The van der Waals surface area contributed by atoms with Crippen molar-refractivity contribution in [3.05, 3.63) is 101 Å². The van der Waals surface area contributed by atoms with Crippen molar-refractivity contribution in [2.45, 2.75) is 35.9 Å². The molecule has 4 aromatic rings. The maximum atomic E-state index is 13.6. The molecule has 0 unspecified atom stereocenters. The lowest BCUT2D eigenvalue weighted by Gasteiger charge is -2.23. The zero-order valence-corrected chi connectivity index (χ0v) is 24.1. The highest BCUT2D eigenvalue weighted by Gasteiger charge is 2.48. The van der Waals surface area contributed by atoms with Crippen molar-refractivity contribution in [3.63, 3.8) is 0 Å². The third kappa shape index (κ3) is 5.32. The van der Waals surface area contributed by atoms with Crippen LogP contribution in [0.2, 0.25) is 0 Å². The van der Waals surface area contributed by atoms with Crippen LogP contribution in [0, 0.1) is 0 Å². The van der Waals surface area contributed by atoms with Gasteiger partial charge in [0.15, 0.2) is 15.8 Å². The molecule has 208 valence electrons. The molecule has 1 N–H and O–H groups in total. The molecule has 1 fully saturated rings. The second-order valence-corrected chi connectivity index (χ2v) is 12.2. The molecule has 0 radical (unpaired) electrons. The Bertz CT molecular complexity index is 1630. The van der Waals surface area contributed by atoms with E-state index in [2.05, 4.69) is 24.0 Å². The number of ether oxygens (including phenoxy) is 2. The van der Waals surface area contributed by atoms with Gasteiger partial charge in [0, 0.05) is 11.3 Å². The SMILES string of the molecule is CC(C)c1ccc([C@H]2/C(=C(\O)c3ccc4c(c3)OCCO4)C(=O)C(=O)N2c2nnc(SCc3ccccc3)s2)cc1. The van der Waals surface area contributed by atoms with Crippen LogP contribution in [-0.4, -0.2) is 40.2 Å². The summed E-state index contributed by atoms with van der Waals surface area (Å²) in [6.45, 7) is 5.01. The summed E-state index contributed by atoms with van der Waals surface area (Å²) >= 11 is 2.75. The van der Waals surface area contributed by atoms with E-state index in [-0.39, 0.29) is 11.3 Å². The van der Waals surface area contributed by atoms with E-state index < -0.39 is 17.7 Å². The van der Waals surface area contributed by atoms with Crippen LogP contribution >= 0.6 is 23.1 Å². The fourth-order valence-corrected chi connectivity index (χ4v) is 6.66. The summed E-state index contributed by atoms with van der Waals surface area (Å²) in [6, 6.07) is 21.8. The lowest BCUT2D eigenvalue weighted by molar-refractivity contribution is -0.132. The van der Waals surface area contributed by atoms with Crippen LogP contribution in [0.4, 0.5) is 5.13 Å². The standard InChI is InChI=1S/C31H27N3O5S2/c1-18(2)20-8-10-21(11-9-20)26-25(27(35)22-12-13-23-24(16-22)39-15-14-38-23)28(36)29(37)34(26)30-32-33-31(41-30)40-17-19-6-4-3-5-7-19/h3-13,16,18,26,35H,14-15,17H2,1-2H3/b27-25+/t26-/m0/s1. The van der Waals surface area contributed by atoms with E-state index in [1.54, 1.807) is 18.2 Å². The number of benzene rings is 3. The average molecular weight is 586 g/mol. The number of carbonyl (C=O) groups is 2. The summed E-state index contributed by atoms with van der Waals surface area (Å²) in [6.07, 6.45) is 0. The number of thioether (sulfide) groups is 1. The van der Waals surface area contributed by atoms with E-state index in [0.29, 0.717) is 57.0 Å². The van der Waals surface area contributed by atoms with E-state index >= 15 is 0 Å². The molecule has 0 bridgehead atoms. The number of hydrogen-bond acceptors (Lipinski definition) is 9. The second-order valence-electron chi connectivity index (χ2n) is 9.97. The number of hydrogen-bond donors (Lipinski definition) is 1. The molecular formula is C31H27N3O5S2. The van der Waals surface area contributed by atoms with Gasteiger partial charge in [-0.2, -0.15) is 0 Å². The van der Waals surface area contributed by atoms with Crippen LogP contribution in [0.5, 0.6) is 11.5 Å². The predicted molar refractivity (Wildman–Crippen MR) is 159 cm³/mol. The molecule has 0 aliphatic carbocycles. The number of aliphatic hydroxyl groups is 1. The zero-order chi connectivity index (χ0) is 28.5. The lowest BCUT2D eigenvalue weighted by Crippen LogP contribution is -2.29. The van der Waals surface area contributed by atoms with Gasteiger partial charge < -0.3 is 14.6 Å². The van der Waals surface area contributed by atoms with Gasteiger partial charge in [0.05, 0.1) is 11.6 Å². The van der Waals surface area contributed by atoms with Gasteiger partial charge in [0.1, 0.15) is 19.0 Å². The summed E-state index contributed by atoms with van der Waals surface area (Å²) in [4.78, 5) is 28.5. The average Bonchev–Trinajstić information content (AvgIpc) is 3.57. The molecule has 1 amide bonds. The van der Waals surface area contributed by atoms with Gasteiger partial charge in [0.2, 0.25) is 5.13 Å². The Kier molecular flexibility index (Phi) is 7.51. The van der Waals surface area contributed by atoms with Crippen LogP contribution < -0.4 is 14.4 Å². The zero-order valence-electron chi connectivity index (χ0n) is 22.4. The Morgan fingerprint density at radius 3 is 2.46 bits per heavy atom. The first kappa shape index (κ1) is 27.0. The number of ketones is 1. The van der Waals surface area contributed by atoms with E-state index in [9.17, 15) is 14.7 Å². The highest BCUT2D eigenvalue weighted by molar-refractivity contribution is 8.00. The number of aromatic nitrogens is 2. The number of aliphatic hydroxyl groups excluding tert-OH is 1. The van der Waals surface area contributed by atoms with Crippen LogP contribution in [0.25, 0.3) is 5.76 Å². The molecular weight excluding hydrogens is 558 g/mol. The van der Waals surface area contributed by atoms with E-state index in [1.165, 1.54) is 28.0 Å². The van der Waals surface area contributed by atoms with Crippen molar-refractivity contribution in [2.24, 2.45) is 0 Å². The normalized spacial score (nSPS) is 17.8. The number of amides is 1. The quantitative estimate of drug-likeness (QED) is 0.0880. The first-order chi connectivity index (χ1) is 19.9. The van der Waals surface area contributed by atoms with Crippen molar-refractivity contribution in [1.82, 2.24) is 10.2 Å². The van der Waals surface area contributed by atoms with Gasteiger partial charge in [-0.15, -0.1) is 10.2 Å². The maximum Gasteiger partial charge on any atom is 0.301 e. The molecule has 3 heterocycles. The fourth-order valence-electron chi connectivity index (χ4n) is 4.83. The molecule has 0 spiro atoms. The topological polar surface area (TPSA) is 102 Å². The first-order valence-electron chi connectivity index (χ1n) is 13.2. The lowest BCUT2D eigenvalue weighted by atomic mass is 9.93. The molecule has 0 saturated carbocycles.